The van der Waals surface area contributed by atoms with Gasteiger partial charge in [0.2, 0.25) is 0 Å². The Labute approximate surface area is 156 Å². The molecule has 0 saturated heterocycles. The van der Waals surface area contributed by atoms with Crippen molar-refractivity contribution in [2.45, 2.75) is 20.4 Å². The standard InChI is InChI=1S/C21H19N3OS/c1-3-24-17-11-7-6-10-16(17)22-20(24)18-12-13-19(26-18)21(25)23-15-9-5-4-8-14(15)2/h4-13H,3H2,1-2H3,(H,23,25). The smallest absolute Gasteiger partial charge is 0.265 e. The van der Waals surface area contributed by atoms with Crippen LogP contribution in [0.25, 0.3) is 21.7 Å². The minimum absolute atomic E-state index is 0.0882. The molecule has 26 heavy (non-hydrogen) atoms. The van der Waals surface area contributed by atoms with E-state index in [-0.39, 0.29) is 5.91 Å². The average Bonchev–Trinajstić information content (AvgIpc) is 3.27. The second-order valence-electron chi connectivity index (χ2n) is 6.10. The number of thiophene rings is 1. The van der Waals surface area contributed by atoms with E-state index in [1.165, 1.54) is 11.3 Å². The number of aromatic nitrogens is 2. The summed E-state index contributed by atoms with van der Waals surface area (Å²) in [5, 5.41) is 2.99. The van der Waals surface area contributed by atoms with Gasteiger partial charge in [0.25, 0.3) is 5.91 Å². The second kappa shape index (κ2) is 6.77. The summed E-state index contributed by atoms with van der Waals surface area (Å²) in [6.45, 7) is 4.93. The molecule has 0 fully saturated rings. The van der Waals surface area contributed by atoms with Crippen molar-refractivity contribution in [2.24, 2.45) is 0 Å². The summed E-state index contributed by atoms with van der Waals surface area (Å²) >= 11 is 1.47. The van der Waals surface area contributed by atoms with Gasteiger partial charge in [-0.3, -0.25) is 4.79 Å². The molecule has 2 aromatic heterocycles. The van der Waals surface area contributed by atoms with Crippen molar-refractivity contribution >= 4 is 34.0 Å². The highest BCUT2D eigenvalue weighted by molar-refractivity contribution is 7.17. The molecule has 0 saturated carbocycles. The normalized spacial score (nSPS) is 11.0. The number of imidazole rings is 1. The van der Waals surface area contributed by atoms with Crippen LogP contribution in [0.4, 0.5) is 5.69 Å². The fourth-order valence-electron chi connectivity index (χ4n) is 3.06. The minimum atomic E-state index is -0.0882. The van der Waals surface area contributed by atoms with Gasteiger partial charge >= 0.3 is 0 Å². The molecular formula is C21H19N3OS. The maximum atomic E-state index is 12.6. The Balaban J connectivity index is 1.66. The zero-order valence-corrected chi connectivity index (χ0v) is 15.5. The third kappa shape index (κ3) is 2.91. The Bertz CT molecular complexity index is 1090. The molecule has 130 valence electrons. The van der Waals surface area contributed by atoms with E-state index < -0.39 is 0 Å². The van der Waals surface area contributed by atoms with E-state index in [0.717, 1.165) is 39.5 Å². The van der Waals surface area contributed by atoms with Gasteiger partial charge in [-0.15, -0.1) is 11.3 Å². The Morgan fingerprint density at radius 3 is 2.65 bits per heavy atom. The molecule has 0 aliphatic carbocycles. The van der Waals surface area contributed by atoms with E-state index >= 15 is 0 Å². The number of nitrogens with one attached hydrogen (secondary N) is 1. The van der Waals surface area contributed by atoms with E-state index in [9.17, 15) is 4.79 Å². The number of carbonyl (C=O) groups excluding carboxylic acids is 1. The van der Waals surface area contributed by atoms with Crippen molar-refractivity contribution in [3.8, 4) is 10.7 Å². The van der Waals surface area contributed by atoms with E-state index in [1.54, 1.807) is 0 Å². The highest BCUT2D eigenvalue weighted by Gasteiger charge is 2.16. The summed E-state index contributed by atoms with van der Waals surface area (Å²) in [6, 6.07) is 19.7. The Hall–Kier alpha value is -2.92. The molecule has 2 aromatic carbocycles. The molecular weight excluding hydrogens is 342 g/mol. The SMILES string of the molecule is CCn1c(-c2ccc(C(=O)Nc3ccccc3C)s2)nc2ccccc21. The molecule has 1 N–H and O–H groups in total. The molecule has 0 radical (unpaired) electrons. The van der Waals surface area contributed by atoms with Crippen LogP contribution in [0.3, 0.4) is 0 Å². The Morgan fingerprint density at radius 1 is 1.08 bits per heavy atom. The summed E-state index contributed by atoms with van der Waals surface area (Å²) in [6.07, 6.45) is 0. The Kier molecular flexibility index (Phi) is 4.31. The van der Waals surface area contributed by atoms with Gasteiger partial charge in [0, 0.05) is 12.2 Å². The number of fused-ring (bicyclic) bond motifs is 1. The molecule has 2 heterocycles. The Morgan fingerprint density at radius 2 is 1.85 bits per heavy atom. The topological polar surface area (TPSA) is 46.9 Å². The van der Waals surface area contributed by atoms with Crippen molar-refractivity contribution in [3.63, 3.8) is 0 Å². The molecule has 0 bridgehead atoms. The van der Waals surface area contributed by atoms with Crippen LogP contribution < -0.4 is 5.32 Å². The largest absolute Gasteiger partial charge is 0.324 e. The molecule has 4 aromatic rings. The van der Waals surface area contributed by atoms with Crippen LogP contribution in [-0.4, -0.2) is 15.5 Å². The lowest BCUT2D eigenvalue weighted by atomic mass is 10.2. The quantitative estimate of drug-likeness (QED) is 0.533. The summed E-state index contributed by atoms with van der Waals surface area (Å²) in [5.41, 5.74) is 3.98. The van der Waals surface area contributed by atoms with Gasteiger partial charge in [-0.1, -0.05) is 30.3 Å². The predicted octanol–water partition coefficient (Wildman–Crippen LogP) is 5.35. The zero-order chi connectivity index (χ0) is 18.1. The van der Waals surface area contributed by atoms with E-state index in [0.29, 0.717) is 4.88 Å². The van der Waals surface area contributed by atoms with Crippen molar-refractivity contribution < 1.29 is 4.79 Å². The second-order valence-corrected chi connectivity index (χ2v) is 7.19. The molecule has 4 nitrogen and oxygen atoms in total. The van der Waals surface area contributed by atoms with E-state index in [2.05, 4.69) is 22.9 Å². The third-order valence-electron chi connectivity index (χ3n) is 4.41. The number of amides is 1. The van der Waals surface area contributed by atoms with Crippen LogP contribution in [0, 0.1) is 6.92 Å². The fraction of sp³-hybridized carbons (Fsp3) is 0.143. The summed E-state index contributed by atoms with van der Waals surface area (Å²) in [7, 11) is 0. The van der Waals surface area contributed by atoms with Gasteiger partial charge in [-0.25, -0.2) is 4.98 Å². The lowest BCUT2D eigenvalue weighted by Gasteiger charge is -2.06. The van der Waals surface area contributed by atoms with Gasteiger partial charge in [0.05, 0.1) is 20.8 Å². The van der Waals surface area contributed by atoms with Crippen LogP contribution in [-0.2, 0) is 6.54 Å². The van der Waals surface area contributed by atoms with Crippen LogP contribution in [0.5, 0.6) is 0 Å². The lowest BCUT2D eigenvalue weighted by molar-refractivity contribution is 0.103. The first-order chi connectivity index (χ1) is 12.7. The number of rotatable bonds is 4. The number of hydrogen-bond acceptors (Lipinski definition) is 3. The summed E-state index contributed by atoms with van der Waals surface area (Å²) in [4.78, 5) is 19.1. The van der Waals surface area contributed by atoms with E-state index in [1.807, 2.05) is 61.5 Å². The minimum Gasteiger partial charge on any atom is -0.324 e. The van der Waals surface area contributed by atoms with Crippen molar-refractivity contribution in [1.29, 1.82) is 0 Å². The fourth-order valence-corrected chi connectivity index (χ4v) is 3.96. The summed E-state index contributed by atoms with van der Waals surface area (Å²) in [5.74, 6) is 0.823. The lowest BCUT2D eigenvalue weighted by Crippen LogP contribution is -2.10. The van der Waals surface area contributed by atoms with Crippen LogP contribution in [0.15, 0.2) is 60.7 Å². The van der Waals surface area contributed by atoms with Gasteiger partial charge in [0.15, 0.2) is 5.82 Å². The highest BCUT2D eigenvalue weighted by Crippen LogP contribution is 2.31. The number of hydrogen-bond donors (Lipinski definition) is 1. The maximum absolute atomic E-state index is 12.6. The maximum Gasteiger partial charge on any atom is 0.265 e. The first-order valence-corrected chi connectivity index (χ1v) is 9.41. The zero-order valence-electron chi connectivity index (χ0n) is 14.7. The summed E-state index contributed by atoms with van der Waals surface area (Å²) < 4.78 is 2.18. The molecule has 0 atom stereocenters. The van der Waals surface area contributed by atoms with Gasteiger partial charge in [0.1, 0.15) is 0 Å². The molecule has 1 amide bonds. The van der Waals surface area contributed by atoms with Crippen molar-refractivity contribution in [1.82, 2.24) is 9.55 Å². The number of para-hydroxylation sites is 3. The predicted molar refractivity (Wildman–Crippen MR) is 108 cm³/mol. The average molecular weight is 361 g/mol. The number of carbonyl (C=O) groups is 1. The number of benzene rings is 2. The third-order valence-corrected chi connectivity index (χ3v) is 5.49. The first kappa shape index (κ1) is 16.5. The highest BCUT2D eigenvalue weighted by atomic mass is 32.1. The number of anilines is 1. The van der Waals surface area contributed by atoms with Crippen molar-refractivity contribution in [2.75, 3.05) is 5.32 Å². The van der Waals surface area contributed by atoms with Crippen LogP contribution in [0.2, 0.25) is 0 Å². The number of aryl methyl sites for hydroxylation is 2. The molecule has 0 unspecified atom stereocenters. The molecule has 0 aliphatic rings. The molecule has 4 rings (SSSR count). The van der Waals surface area contributed by atoms with Crippen molar-refractivity contribution in [3.05, 3.63) is 71.1 Å². The van der Waals surface area contributed by atoms with E-state index in [4.69, 9.17) is 4.98 Å². The molecule has 5 heteroatoms. The monoisotopic (exact) mass is 361 g/mol. The number of nitrogens with zero attached hydrogens (tertiary/aromatic N) is 2. The molecule has 0 aliphatic heterocycles. The van der Waals surface area contributed by atoms with Gasteiger partial charge in [-0.2, -0.15) is 0 Å². The van der Waals surface area contributed by atoms with Gasteiger partial charge < -0.3 is 9.88 Å². The van der Waals surface area contributed by atoms with Crippen LogP contribution in [0.1, 0.15) is 22.2 Å². The van der Waals surface area contributed by atoms with Gasteiger partial charge in [-0.05, 0) is 49.7 Å². The molecule has 0 spiro atoms. The van der Waals surface area contributed by atoms with Crippen LogP contribution >= 0.6 is 11.3 Å². The first-order valence-electron chi connectivity index (χ1n) is 8.60.